The standard InChI is InChI=1S/C19H23NO2/c1-13-7-5-9-17(11-13)12-20-19(21)16(4)22-18-10-6-8-14(2)15(18)3/h5-11,16H,12H2,1-4H3,(H,20,21)/t16-/m0/s1. The van der Waals surface area contributed by atoms with E-state index in [0.717, 1.165) is 22.4 Å². The highest BCUT2D eigenvalue weighted by molar-refractivity contribution is 5.80. The number of rotatable bonds is 5. The van der Waals surface area contributed by atoms with Crippen LogP contribution in [0.4, 0.5) is 0 Å². The minimum Gasteiger partial charge on any atom is -0.481 e. The van der Waals surface area contributed by atoms with E-state index in [9.17, 15) is 4.79 Å². The second-order valence-corrected chi connectivity index (χ2v) is 5.66. The van der Waals surface area contributed by atoms with Crippen molar-refractivity contribution >= 4 is 5.91 Å². The van der Waals surface area contributed by atoms with Crippen LogP contribution in [0.3, 0.4) is 0 Å². The number of hydrogen-bond acceptors (Lipinski definition) is 2. The number of ether oxygens (including phenoxy) is 1. The second-order valence-electron chi connectivity index (χ2n) is 5.66. The summed E-state index contributed by atoms with van der Waals surface area (Å²) in [6, 6.07) is 14.0. The molecule has 3 nitrogen and oxygen atoms in total. The largest absolute Gasteiger partial charge is 0.481 e. The monoisotopic (exact) mass is 297 g/mol. The number of carbonyl (C=O) groups is 1. The van der Waals surface area contributed by atoms with Gasteiger partial charge in [0.05, 0.1) is 0 Å². The molecule has 2 aromatic rings. The molecule has 22 heavy (non-hydrogen) atoms. The number of nitrogens with one attached hydrogen (secondary N) is 1. The van der Waals surface area contributed by atoms with Crippen molar-refractivity contribution in [2.24, 2.45) is 0 Å². The minimum atomic E-state index is -0.523. The predicted octanol–water partition coefficient (Wildman–Crippen LogP) is 3.70. The van der Waals surface area contributed by atoms with Crippen molar-refractivity contribution in [3.63, 3.8) is 0 Å². The van der Waals surface area contributed by atoms with E-state index in [0.29, 0.717) is 6.54 Å². The molecule has 1 amide bonds. The lowest BCUT2D eigenvalue weighted by Crippen LogP contribution is -2.36. The van der Waals surface area contributed by atoms with Gasteiger partial charge in [-0.3, -0.25) is 4.79 Å². The zero-order valence-electron chi connectivity index (χ0n) is 13.6. The number of aryl methyl sites for hydroxylation is 2. The molecule has 2 aromatic carbocycles. The lowest BCUT2D eigenvalue weighted by molar-refractivity contribution is -0.127. The van der Waals surface area contributed by atoms with Crippen LogP contribution in [-0.2, 0) is 11.3 Å². The summed E-state index contributed by atoms with van der Waals surface area (Å²) in [6.45, 7) is 8.36. The molecule has 0 bridgehead atoms. The summed E-state index contributed by atoms with van der Waals surface area (Å²) < 4.78 is 5.79. The Kier molecular flexibility index (Phi) is 5.21. The number of hydrogen-bond donors (Lipinski definition) is 1. The third-order valence-electron chi connectivity index (χ3n) is 3.78. The zero-order valence-corrected chi connectivity index (χ0v) is 13.6. The fraction of sp³-hybridized carbons (Fsp3) is 0.316. The number of benzene rings is 2. The summed E-state index contributed by atoms with van der Waals surface area (Å²) in [5.74, 6) is 0.653. The van der Waals surface area contributed by atoms with E-state index < -0.39 is 6.10 Å². The van der Waals surface area contributed by atoms with E-state index >= 15 is 0 Å². The van der Waals surface area contributed by atoms with Crippen molar-refractivity contribution in [2.75, 3.05) is 0 Å². The Morgan fingerprint density at radius 2 is 1.86 bits per heavy atom. The van der Waals surface area contributed by atoms with E-state index in [-0.39, 0.29) is 5.91 Å². The number of carbonyl (C=O) groups excluding carboxylic acids is 1. The van der Waals surface area contributed by atoms with Crippen LogP contribution >= 0.6 is 0 Å². The van der Waals surface area contributed by atoms with Gasteiger partial charge >= 0.3 is 0 Å². The summed E-state index contributed by atoms with van der Waals surface area (Å²) in [5.41, 5.74) is 4.50. The Bertz CT molecular complexity index is 664. The molecule has 0 aliphatic rings. The molecule has 3 heteroatoms. The molecule has 0 unspecified atom stereocenters. The van der Waals surface area contributed by atoms with Crippen LogP contribution in [0.1, 0.15) is 29.2 Å². The van der Waals surface area contributed by atoms with Crippen LogP contribution in [0.25, 0.3) is 0 Å². The molecule has 2 rings (SSSR count). The van der Waals surface area contributed by atoms with Gasteiger partial charge in [-0.25, -0.2) is 0 Å². The fourth-order valence-electron chi connectivity index (χ4n) is 2.25. The average Bonchev–Trinajstić information content (AvgIpc) is 2.49. The van der Waals surface area contributed by atoms with Crippen molar-refractivity contribution < 1.29 is 9.53 Å². The third kappa shape index (κ3) is 4.10. The Morgan fingerprint density at radius 3 is 2.59 bits per heavy atom. The Hall–Kier alpha value is -2.29. The average molecular weight is 297 g/mol. The van der Waals surface area contributed by atoms with Crippen molar-refractivity contribution in [3.05, 3.63) is 64.7 Å². The summed E-state index contributed by atoms with van der Waals surface area (Å²) >= 11 is 0. The van der Waals surface area contributed by atoms with Gasteiger partial charge in [-0.15, -0.1) is 0 Å². The van der Waals surface area contributed by atoms with E-state index in [4.69, 9.17) is 4.74 Å². The van der Waals surface area contributed by atoms with Crippen molar-refractivity contribution in [2.45, 2.75) is 40.3 Å². The Balaban J connectivity index is 1.93. The van der Waals surface area contributed by atoms with Gasteiger partial charge in [0.25, 0.3) is 5.91 Å². The van der Waals surface area contributed by atoms with Crippen LogP contribution in [-0.4, -0.2) is 12.0 Å². The molecule has 0 radical (unpaired) electrons. The Morgan fingerprint density at radius 1 is 1.14 bits per heavy atom. The minimum absolute atomic E-state index is 0.109. The molecule has 0 fully saturated rings. The molecule has 0 saturated carbocycles. The summed E-state index contributed by atoms with van der Waals surface area (Å²) in [5, 5.41) is 2.92. The maximum Gasteiger partial charge on any atom is 0.261 e. The zero-order chi connectivity index (χ0) is 16.1. The first-order chi connectivity index (χ1) is 10.5. The first-order valence-electron chi connectivity index (χ1n) is 7.53. The molecule has 0 aliphatic carbocycles. The van der Waals surface area contributed by atoms with E-state index in [1.165, 1.54) is 5.56 Å². The SMILES string of the molecule is Cc1cccc(CNC(=O)[C@H](C)Oc2cccc(C)c2C)c1. The molecule has 0 aromatic heterocycles. The maximum atomic E-state index is 12.2. The molecule has 0 spiro atoms. The molecule has 1 atom stereocenters. The highest BCUT2D eigenvalue weighted by Crippen LogP contribution is 2.21. The van der Waals surface area contributed by atoms with Gasteiger partial charge in [-0.05, 0) is 50.5 Å². The van der Waals surface area contributed by atoms with Gasteiger partial charge in [-0.1, -0.05) is 42.0 Å². The van der Waals surface area contributed by atoms with Crippen LogP contribution in [0.2, 0.25) is 0 Å². The molecule has 0 aliphatic heterocycles. The highest BCUT2D eigenvalue weighted by Gasteiger charge is 2.15. The highest BCUT2D eigenvalue weighted by atomic mass is 16.5. The van der Waals surface area contributed by atoms with Crippen molar-refractivity contribution in [3.8, 4) is 5.75 Å². The van der Waals surface area contributed by atoms with Crippen LogP contribution in [0.5, 0.6) is 5.75 Å². The summed E-state index contributed by atoms with van der Waals surface area (Å²) in [6.07, 6.45) is -0.523. The van der Waals surface area contributed by atoms with Crippen molar-refractivity contribution in [1.29, 1.82) is 0 Å². The van der Waals surface area contributed by atoms with Gasteiger partial charge in [0, 0.05) is 6.54 Å². The van der Waals surface area contributed by atoms with Gasteiger partial charge in [0.15, 0.2) is 6.10 Å². The van der Waals surface area contributed by atoms with Gasteiger partial charge < -0.3 is 10.1 Å². The van der Waals surface area contributed by atoms with E-state index in [1.54, 1.807) is 6.92 Å². The molecular formula is C19H23NO2. The van der Waals surface area contributed by atoms with Crippen molar-refractivity contribution in [1.82, 2.24) is 5.32 Å². The number of amides is 1. The molecule has 0 saturated heterocycles. The van der Waals surface area contributed by atoms with Crippen LogP contribution < -0.4 is 10.1 Å². The van der Waals surface area contributed by atoms with Gasteiger partial charge in [0.1, 0.15) is 5.75 Å². The summed E-state index contributed by atoms with van der Waals surface area (Å²) in [7, 11) is 0. The molecular weight excluding hydrogens is 274 g/mol. The third-order valence-corrected chi connectivity index (χ3v) is 3.78. The second kappa shape index (κ2) is 7.12. The molecule has 1 N–H and O–H groups in total. The van der Waals surface area contributed by atoms with Crippen LogP contribution in [0, 0.1) is 20.8 Å². The fourth-order valence-corrected chi connectivity index (χ4v) is 2.25. The summed E-state index contributed by atoms with van der Waals surface area (Å²) in [4.78, 5) is 12.2. The first-order valence-corrected chi connectivity index (χ1v) is 7.53. The van der Waals surface area contributed by atoms with Gasteiger partial charge in [-0.2, -0.15) is 0 Å². The maximum absolute atomic E-state index is 12.2. The molecule has 116 valence electrons. The molecule has 0 heterocycles. The first kappa shape index (κ1) is 16.1. The topological polar surface area (TPSA) is 38.3 Å². The quantitative estimate of drug-likeness (QED) is 0.914. The van der Waals surface area contributed by atoms with Crippen LogP contribution in [0.15, 0.2) is 42.5 Å². The van der Waals surface area contributed by atoms with E-state index in [2.05, 4.69) is 11.4 Å². The lowest BCUT2D eigenvalue weighted by Gasteiger charge is -2.17. The predicted molar refractivity (Wildman–Crippen MR) is 89.0 cm³/mol. The van der Waals surface area contributed by atoms with E-state index in [1.807, 2.05) is 57.2 Å². The smallest absolute Gasteiger partial charge is 0.261 e. The normalized spacial score (nSPS) is 11.8. The Labute approximate surface area is 132 Å². The lowest BCUT2D eigenvalue weighted by atomic mass is 10.1. The van der Waals surface area contributed by atoms with Gasteiger partial charge in [0.2, 0.25) is 0 Å².